The molecule has 0 aliphatic heterocycles. The van der Waals surface area contributed by atoms with Crippen molar-refractivity contribution in [2.75, 3.05) is 40.9 Å². The van der Waals surface area contributed by atoms with Crippen molar-refractivity contribution < 1.29 is 37.3 Å². The maximum Gasteiger partial charge on any atom is 0.472 e. The average Bonchev–Trinajstić information content (AvgIpc) is 3.34. The Morgan fingerprint density at radius 2 is 0.889 bits per heavy atom. The predicted molar refractivity (Wildman–Crippen MR) is 309 cm³/mol. The lowest BCUT2D eigenvalue weighted by atomic mass is 10.0. The Labute approximate surface area is 444 Å². The van der Waals surface area contributed by atoms with Gasteiger partial charge in [0.1, 0.15) is 19.3 Å². The van der Waals surface area contributed by atoms with Crippen LogP contribution in [0.4, 0.5) is 0 Å². The molecule has 2 N–H and O–H groups in total. The number of esters is 1. The van der Waals surface area contributed by atoms with Crippen LogP contribution < -0.4 is 5.32 Å². The Kier molecular flexibility index (Phi) is 50.1. The third-order valence-electron chi connectivity index (χ3n) is 12.9. The minimum absolute atomic E-state index is 0.0339. The Balaban J connectivity index is 5.24. The molecular weight excluding hydrogens is 916 g/mol. The number of unbranched alkanes of at least 4 members (excludes halogenated alkanes) is 27. The first-order chi connectivity index (χ1) is 34.9. The van der Waals surface area contributed by atoms with Gasteiger partial charge in [-0.25, -0.2) is 4.57 Å². The fraction of sp³-hybridized carbons (Fsp3) is 0.774. The number of hydrogen-bond donors (Lipinski definition) is 2. The highest BCUT2D eigenvalue weighted by molar-refractivity contribution is 7.47. The zero-order valence-electron chi connectivity index (χ0n) is 47.7. The molecule has 10 heteroatoms. The van der Waals surface area contributed by atoms with Gasteiger partial charge in [-0.2, -0.15) is 0 Å². The minimum atomic E-state index is -4.45. The van der Waals surface area contributed by atoms with Crippen LogP contribution in [0.1, 0.15) is 258 Å². The van der Waals surface area contributed by atoms with E-state index in [2.05, 4.69) is 86.8 Å². The van der Waals surface area contributed by atoms with Gasteiger partial charge >= 0.3 is 13.8 Å². The first-order valence-corrected chi connectivity index (χ1v) is 31.3. The normalized spacial score (nSPS) is 14.3. The lowest BCUT2D eigenvalue weighted by molar-refractivity contribution is -0.870. The summed E-state index contributed by atoms with van der Waals surface area (Å²) < 4.78 is 30.6. The molecule has 0 spiro atoms. The van der Waals surface area contributed by atoms with Crippen molar-refractivity contribution in [3.05, 3.63) is 72.9 Å². The van der Waals surface area contributed by atoms with Gasteiger partial charge in [-0.15, -0.1) is 0 Å². The number of allylic oxidation sites excluding steroid dienone is 11. The van der Waals surface area contributed by atoms with E-state index < -0.39 is 20.0 Å². The zero-order chi connectivity index (χ0) is 52.9. The van der Waals surface area contributed by atoms with E-state index in [-0.39, 0.29) is 31.5 Å². The first-order valence-electron chi connectivity index (χ1n) is 29.8. The van der Waals surface area contributed by atoms with E-state index in [9.17, 15) is 19.0 Å². The Morgan fingerprint density at radius 1 is 0.500 bits per heavy atom. The van der Waals surface area contributed by atoms with Crippen LogP contribution in [0, 0.1) is 0 Å². The van der Waals surface area contributed by atoms with Crippen molar-refractivity contribution in [2.24, 2.45) is 0 Å². The summed E-state index contributed by atoms with van der Waals surface area (Å²) in [6.45, 7) is 6.85. The molecule has 0 rings (SSSR count). The molecule has 0 fully saturated rings. The summed E-state index contributed by atoms with van der Waals surface area (Å²) in [5, 5.41) is 3.04. The largest absolute Gasteiger partial charge is 0.472 e. The standard InChI is InChI=1S/C62H113N2O7P/c1-7-10-13-16-19-22-25-27-29-30-31-32-33-34-35-36-39-42-45-48-51-54-61(65)63-59(58-70-72(67,68)69-57-56-64(4,5)6)60(53-50-47-44-41-38-24-21-18-15-12-9-3)71-62(66)55-52-49-46-43-40-37-28-26-23-20-17-14-11-8-2/h11,14,19-20,22-23,27-29,37,50,53,59-60H,7-10,12-13,15-18,21,24-26,30-36,38-49,51-52,54-58H2,1-6H3,(H-,63,65,67,68)/p+1/b14-11+,22-19-,23-20+,29-27-,37-28+,53-50-. The fourth-order valence-corrected chi connectivity index (χ4v) is 9.01. The van der Waals surface area contributed by atoms with Gasteiger partial charge in [0, 0.05) is 12.8 Å². The monoisotopic (exact) mass is 1030 g/mol. The number of nitrogens with zero attached hydrogens (tertiary/aromatic N) is 1. The molecule has 0 saturated heterocycles. The Hall–Kier alpha value is -2.55. The van der Waals surface area contributed by atoms with Crippen molar-refractivity contribution in [2.45, 2.75) is 270 Å². The molecule has 0 aromatic carbocycles. The maximum absolute atomic E-state index is 13.5. The summed E-state index contributed by atoms with van der Waals surface area (Å²) >= 11 is 0. The van der Waals surface area contributed by atoms with Gasteiger partial charge in [0.15, 0.2) is 0 Å². The van der Waals surface area contributed by atoms with Crippen LogP contribution in [0.3, 0.4) is 0 Å². The molecule has 0 saturated carbocycles. The number of rotatable bonds is 53. The fourth-order valence-electron chi connectivity index (χ4n) is 8.28. The third kappa shape index (κ3) is 52.3. The highest BCUT2D eigenvalue weighted by atomic mass is 31.2. The van der Waals surface area contributed by atoms with E-state index in [0.717, 1.165) is 89.9 Å². The van der Waals surface area contributed by atoms with Gasteiger partial charge < -0.3 is 19.4 Å². The van der Waals surface area contributed by atoms with Crippen molar-refractivity contribution in [1.29, 1.82) is 0 Å². The number of carbonyl (C=O) groups is 2. The summed E-state index contributed by atoms with van der Waals surface area (Å²) in [6, 6.07) is -0.860. The lowest BCUT2D eigenvalue weighted by Crippen LogP contribution is -2.47. The molecule has 9 nitrogen and oxygen atoms in total. The van der Waals surface area contributed by atoms with Crippen LogP contribution in [-0.4, -0.2) is 74.3 Å². The quantitative estimate of drug-likeness (QED) is 0.0205. The van der Waals surface area contributed by atoms with Gasteiger partial charge in [-0.3, -0.25) is 18.6 Å². The number of hydrogen-bond acceptors (Lipinski definition) is 6. The smallest absolute Gasteiger partial charge is 0.456 e. The van der Waals surface area contributed by atoms with Crippen LogP contribution in [0.25, 0.3) is 0 Å². The van der Waals surface area contributed by atoms with Crippen LogP contribution in [-0.2, 0) is 27.9 Å². The zero-order valence-corrected chi connectivity index (χ0v) is 48.6. The van der Waals surface area contributed by atoms with Gasteiger partial charge in [-0.1, -0.05) is 222 Å². The van der Waals surface area contributed by atoms with Gasteiger partial charge in [0.25, 0.3) is 0 Å². The molecule has 0 aliphatic rings. The molecule has 0 bridgehead atoms. The van der Waals surface area contributed by atoms with Crippen LogP contribution in [0.15, 0.2) is 72.9 Å². The summed E-state index contributed by atoms with van der Waals surface area (Å²) in [6.07, 6.45) is 66.1. The first kappa shape index (κ1) is 69.5. The minimum Gasteiger partial charge on any atom is -0.456 e. The number of phosphoric ester groups is 1. The number of nitrogens with one attached hydrogen (secondary N) is 1. The maximum atomic E-state index is 13.5. The van der Waals surface area contributed by atoms with E-state index >= 15 is 0 Å². The number of carbonyl (C=O) groups excluding carboxylic acids is 2. The number of ether oxygens (including phenoxy) is 1. The summed E-state index contributed by atoms with van der Waals surface area (Å²) in [4.78, 5) is 37.6. The number of likely N-dealkylation sites (N-methyl/N-ethyl adjacent to an activating group) is 1. The van der Waals surface area contributed by atoms with E-state index in [0.29, 0.717) is 23.9 Å². The molecule has 3 atom stereocenters. The second kappa shape index (κ2) is 51.9. The summed E-state index contributed by atoms with van der Waals surface area (Å²) in [5.41, 5.74) is 0. The van der Waals surface area contributed by atoms with E-state index in [4.69, 9.17) is 13.8 Å². The van der Waals surface area contributed by atoms with Crippen molar-refractivity contribution in [1.82, 2.24) is 5.32 Å². The average molecular weight is 1030 g/mol. The van der Waals surface area contributed by atoms with Gasteiger partial charge in [0.2, 0.25) is 5.91 Å². The molecule has 3 unspecified atom stereocenters. The van der Waals surface area contributed by atoms with Crippen molar-refractivity contribution in [3.63, 3.8) is 0 Å². The lowest BCUT2D eigenvalue weighted by Gasteiger charge is -2.27. The number of amides is 1. The molecular formula is C62H114N2O7P+. The topological polar surface area (TPSA) is 111 Å². The van der Waals surface area contributed by atoms with Gasteiger partial charge in [-0.05, 0) is 96.0 Å². The van der Waals surface area contributed by atoms with Crippen molar-refractivity contribution >= 4 is 19.7 Å². The van der Waals surface area contributed by atoms with Crippen LogP contribution in [0.2, 0.25) is 0 Å². The van der Waals surface area contributed by atoms with E-state index in [1.165, 1.54) is 128 Å². The second-order valence-electron chi connectivity index (χ2n) is 21.1. The molecule has 0 aliphatic carbocycles. The third-order valence-corrected chi connectivity index (χ3v) is 13.9. The predicted octanol–water partition coefficient (Wildman–Crippen LogP) is 18.1. The Bertz CT molecular complexity index is 1460. The van der Waals surface area contributed by atoms with Crippen LogP contribution in [0.5, 0.6) is 0 Å². The SMILES string of the molecule is CC/C=C/C/C=C/C/C=C/CCCCCCC(=O)OC(/C=C\CCCCCCCCCCC)C(COP(=O)(O)OCC[N+](C)(C)C)NC(=O)CCCCCCCCCCCCC/C=C\C/C=C\CCCCC. The van der Waals surface area contributed by atoms with E-state index in [1.807, 2.05) is 33.3 Å². The molecule has 72 heavy (non-hydrogen) atoms. The number of quaternary nitrogens is 1. The van der Waals surface area contributed by atoms with Crippen LogP contribution >= 0.6 is 7.82 Å². The molecule has 0 aromatic rings. The van der Waals surface area contributed by atoms with Crippen molar-refractivity contribution in [3.8, 4) is 0 Å². The molecule has 0 heterocycles. The highest BCUT2D eigenvalue weighted by Crippen LogP contribution is 2.43. The van der Waals surface area contributed by atoms with Gasteiger partial charge in [0.05, 0.1) is 33.8 Å². The molecule has 418 valence electrons. The second-order valence-corrected chi connectivity index (χ2v) is 22.6. The molecule has 0 radical (unpaired) electrons. The summed E-state index contributed by atoms with van der Waals surface area (Å²) in [7, 11) is 1.48. The Morgan fingerprint density at radius 3 is 1.36 bits per heavy atom. The summed E-state index contributed by atoms with van der Waals surface area (Å²) in [5.74, 6) is -0.534. The number of phosphoric acid groups is 1. The van der Waals surface area contributed by atoms with E-state index in [1.54, 1.807) is 0 Å². The highest BCUT2D eigenvalue weighted by Gasteiger charge is 2.30. The molecule has 1 amide bonds. The molecule has 0 aromatic heterocycles.